The first-order valence-electron chi connectivity index (χ1n) is 5.73. The second-order valence-corrected chi connectivity index (χ2v) is 5.65. The number of imidazole rings is 1. The molecule has 21 heavy (non-hydrogen) atoms. The highest BCUT2D eigenvalue weighted by atomic mass is 35.5. The van der Waals surface area contributed by atoms with Crippen LogP contribution in [0.5, 0.6) is 0 Å². The first-order valence-corrected chi connectivity index (χ1v) is 7.24. The number of aromatic nitrogens is 2. The molecule has 0 fully saturated rings. The van der Waals surface area contributed by atoms with Crippen molar-refractivity contribution < 1.29 is 14.9 Å². The molecule has 0 saturated carbocycles. The number of benzene rings is 1. The third kappa shape index (κ3) is 3.03. The maximum absolute atomic E-state index is 8.99. The van der Waals surface area contributed by atoms with E-state index in [1.165, 1.54) is 4.57 Å². The van der Waals surface area contributed by atoms with Crippen molar-refractivity contribution in [1.29, 1.82) is 0 Å². The molecule has 2 rings (SSSR count). The van der Waals surface area contributed by atoms with Gasteiger partial charge in [-0.05, 0) is 0 Å². The molecule has 116 valence electrons. The van der Waals surface area contributed by atoms with E-state index in [9.17, 15) is 0 Å². The minimum Gasteiger partial charge on any atom is -0.394 e. The van der Waals surface area contributed by atoms with Crippen molar-refractivity contribution in [2.75, 3.05) is 18.9 Å². The molecule has 0 atom stereocenters. The van der Waals surface area contributed by atoms with Gasteiger partial charge in [-0.15, -0.1) is 0 Å². The fraction of sp³-hybridized carbons (Fsp3) is 0.364. The van der Waals surface area contributed by atoms with Crippen molar-refractivity contribution in [2.24, 2.45) is 0 Å². The number of anilines is 1. The van der Waals surface area contributed by atoms with Crippen molar-refractivity contribution in [1.82, 2.24) is 9.55 Å². The molecule has 2 aromatic rings. The molecule has 0 aliphatic carbocycles. The van der Waals surface area contributed by atoms with Gasteiger partial charge in [0.2, 0.25) is 5.95 Å². The maximum atomic E-state index is 8.99. The molecule has 1 aromatic heterocycles. The second kappa shape index (κ2) is 6.75. The molecule has 1 aromatic carbocycles. The zero-order valence-electron chi connectivity index (χ0n) is 10.5. The zero-order valence-corrected chi connectivity index (χ0v) is 13.5. The van der Waals surface area contributed by atoms with Gasteiger partial charge >= 0.3 is 0 Å². The Hall–Kier alpha value is -0.470. The van der Waals surface area contributed by atoms with E-state index < -0.39 is 6.10 Å². The molecule has 0 unspecified atom stereocenters. The summed E-state index contributed by atoms with van der Waals surface area (Å²) in [5.41, 5.74) is 6.46. The molecule has 0 bridgehead atoms. The van der Waals surface area contributed by atoms with Gasteiger partial charge in [-0.2, -0.15) is 0 Å². The van der Waals surface area contributed by atoms with Crippen molar-refractivity contribution in [3.8, 4) is 0 Å². The van der Waals surface area contributed by atoms with Gasteiger partial charge in [0.05, 0.1) is 38.8 Å². The number of nitrogens with zero attached hydrogens (tertiary/aromatic N) is 2. The molecule has 0 aliphatic rings. The Kier molecular flexibility index (Phi) is 5.43. The van der Waals surface area contributed by atoms with Gasteiger partial charge in [0.15, 0.2) is 0 Å². The van der Waals surface area contributed by atoms with Gasteiger partial charge in [-0.25, -0.2) is 4.98 Å². The lowest BCUT2D eigenvalue weighted by molar-refractivity contribution is -0.0480. The summed E-state index contributed by atoms with van der Waals surface area (Å²) in [6, 6.07) is 0. The molecule has 1 heterocycles. The average Bonchev–Trinajstić information content (AvgIpc) is 2.81. The van der Waals surface area contributed by atoms with E-state index in [1.807, 2.05) is 0 Å². The molecule has 0 amide bonds. The Labute approximate surface area is 139 Å². The number of hydrogen-bond donors (Lipinski definition) is 3. The summed E-state index contributed by atoms with van der Waals surface area (Å²) in [4.78, 5) is 4.08. The molecular formula is C11H11Cl4N3O3. The lowest BCUT2D eigenvalue weighted by Crippen LogP contribution is -2.23. The first-order chi connectivity index (χ1) is 9.92. The molecule has 4 N–H and O–H groups in total. The lowest BCUT2D eigenvalue weighted by atomic mass is 10.3. The van der Waals surface area contributed by atoms with Crippen LogP contribution in [-0.4, -0.2) is 39.1 Å². The van der Waals surface area contributed by atoms with Crippen LogP contribution in [0.1, 0.15) is 0 Å². The summed E-state index contributed by atoms with van der Waals surface area (Å²) in [5.74, 6) is 0.0850. The number of nitrogen functional groups attached to an aromatic ring is 1. The highest BCUT2D eigenvalue weighted by Gasteiger charge is 2.22. The monoisotopic (exact) mass is 373 g/mol. The van der Waals surface area contributed by atoms with Crippen molar-refractivity contribution in [3.63, 3.8) is 0 Å². The number of aliphatic hydroxyl groups is 2. The topological polar surface area (TPSA) is 93.5 Å². The molecule has 10 heteroatoms. The highest BCUT2D eigenvalue weighted by molar-refractivity contribution is 6.55. The predicted octanol–water partition coefficient (Wildman–Crippen LogP) is 2.56. The average molecular weight is 375 g/mol. The molecular weight excluding hydrogens is 364 g/mol. The number of rotatable bonds is 5. The Bertz CT molecular complexity index is 673. The quantitative estimate of drug-likeness (QED) is 0.552. The second-order valence-electron chi connectivity index (χ2n) is 4.13. The van der Waals surface area contributed by atoms with Crippen LogP contribution in [0.25, 0.3) is 11.0 Å². The predicted molar refractivity (Wildman–Crippen MR) is 83.2 cm³/mol. The van der Waals surface area contributed by atoms with Crippen LogP contribution in [0, 0.1) is 0 Å². The number of fused-ring (bicyclic) bond motifs is 1. The summed E-state index contributed by atoms with van der Waals surface area (Å²) in [5, 5.41) is 18.4. The summed E-state index contributed by atoms with van der Waals surface area (Å²) in [6.45, 7) is -0.781. The molecule has 6 nitrogen and oxygen atoms in total. The number of nitrogens with two attached hydrogens (primary N) is 1. The van der Waals surface area contributed by atoms with E-state index in [0.717, 1.165) is 0 Å². The van der Waals surface area contributed by atoms with Gasteiger partial charge in [-0.3, -0.25) is 4.57 Å². The van der Waals surface area contributed by atoms with Crippen molar-refractivity contribution in [3.05, 3.63) is 20.1 Å². The molecule has 0 radical (unpaired) electrons. The number of aliphatic hydroxyl groups excluding tert-OH is 2. The first kappa shape index (κ1) is 16.9. The van der Waals surface area contributed by atoms with Crippen LogP contribution in [0.4, 0.5) is 5.95 Å². The summed E-state index contributed by atoms with van der Waals surface area (Å²) in [7, 11) is 0. The highest BCUT2D eigenvalue weighted by Crippen LogP contribution is 2.43. The number of halogens is 4. The van der Waals surface area contributed by atoms with E-state index in [4.69, 9.17) is 67.1 Å². The third-order valence-electron chi connectivity index (χ3n) is 2.84. The van der Waals surface area contributed by atoms with E-state index in [0.29, 0.717) is 11.0 Å². The van der Waals surface area contributed by atoms with E-state index in [1.54, 1.807) is 0 Å². The minimum absolute atomic E-state index is 0.0813. The van der Waals surface area contributed by atoms with Gasteiger partial charge in [0.1, 0.15) is 18.4 Å². The number of ether oxygens (including phenoxy) is 1. The van der Waals surface area contributed by atoms with Crippen molar-refractivity contribution in [2.45, 2.75) is 12.8 Å². The van der Waals surface area contributed by atoms with Gasteiger partial charge in [0.25, 0.3) is 0 Å². The Balaban J connectivity index is 2.52. The van der Waals surface area contributed by atoms with E-state index in [2.05, 4.69) is 4.98 Å². The Morgan fingerprint density at radius 2 is 1.62 bits per heavy atom. The molecule has 0 saturated heterocycles. The third-order valence-corrected chi connectivity index (χ3v) is 4.62. The van der Waals surface area contributed by atoms with Crippen LogP contribution in [0.3, 0.4) is 0 Å². The minimum atomic E-state index is -0.751. The Morgan fingerprint density at radius 3 is 2.19 bits per heavy atom. The van der Waals surface area contributed by atoms with Gasteiger partial charge in [-0.1, -0.05) is 46.4 Å². The van der Waals surface area contributed by atoms with Crippen molar-refractivity contribution >= 4 is 63.4 Å². The van der Waals surface area contributed by atoms with Crippen LogP contribution in [0.15, 0.2) is 0 Å². The summed E-state index contributed by atoms with van der Waals surface area (Å²) < 4.78 is 6.72. The van der Waals surface area contributed by atoms with Crippen LogP contribution >= 0.6 is 46.4 Å². The van der Waals surface area contributed by atoms with Gasteiger partial charge < -0.3 is 20.7 Å². The maximum Gasteiger partial charge on any atom is 0.203 e. The molecule has 0 spiro atoms. The number of hydrogen-bond acceptors (Lipinski definition) is 5. The van der Waals surface area contributed by atoms with Crippen LogP contribution in [0.2, 0.25) is 20.1 Å². The van der Waals surface area contributed by atoms with Gasteiger partial charge in [0, 0.05) is 0 Å². The normalized spacial score (nSPS) is 11.8. The lowest BCUT2D eigenvalue weighted by Gasteiger charge is -2.15. The fourth-order valence-corrected chi connectivity index (χ4v) is 2.70. The SMILES string of the molecule is Nc1nc2c(Cl)c(Cl)c(Cl)c(Cl)c2n1COC(CO)CO. The Morgan fingerprint density at radius 1 is 1.05 bits per heavy atom. The molecule has 0 aliphatic heterocycles. The van der Waals surface area contributed by atoms with Crippen LogP contribution < -0.4 is 5.73 Å². The standard InChI is InChI=1S/C11H11Cl4N3O3/c12-5-6(13)8(15)10-9(7(5)14)17-11(16)18(10)3-21-4(1-19)2-20/h4,19-20H,1-3H2,(H2,16,17). The van der Waals surface area contributed by atoms with E-state index in [-0.39, 0.29) is 46.0 Å². The van der Waals surface area contributed by atoms with Crippen LogP contribution in [-0.2, 0) is 11.5 Å². The summed E-state index contributed by atoms with van der Waals surface area (Å²) >= 11 is 24.2. The zero-order chi connectivity index (χ0) is 15.7. The van der Waals surface area contributed by atoms with E-state index >= 15 is 0 Å². The fourth-order valence-electron chi connectivity index (χ4n) is 1.72. The largest absolute Gasteiger partial charge is 0.394 e. The summed E-state index contributed by atoms with van der Waals surface area (Å²) in [6.07, 6.45) is -0.751. The smallest absolute Gasteiger partial charge is 0.203 e.